The van der Waals surface area contributed by atoms with Gasteiger partial charge in [-0.3, -0.25) is 0 Å². The standard InChI is InChI=1S/C17H16N4/c1-11-4-5-13-9-21-10-18-7-14(21)6-15(13)16(11)17-19-12(2)8-20(17)3/h4-10H,1-3H3. The van der Waals surface area contributed by atoms with Crippen molar-refractivity contribution >= 4 is 16.3 Å². The van der Waals surface area contributed by atoms with Crippen molar-refractivity contribution in [2.24, 2.45) is 7.05 Å². The highest BCUT2D eigenvalue weighted by molar-refractivity contribution is 5.98. The van der Waals surface area contributed by atoms with Crippen LogP contribution in [0.25, 0.3) is 27.7 Å². The summed E-state index contributed by atoms with van der Waals surface area (Å²) < 4.78 is 4.14. The van der Waals surface area contributed by atoms with Crippen LogP contribution in [0.4, 0.5) is 0 Å². The predicted molar refractivity (Wildman–Crippen MR) is 84.4 cm³/mol. The van der Waals surface area contributed by atoms with E-state index in [0.717, 1.165) is 17.0 Å². The van der Waals surface area contributed by atoms with Gasteiger partial charge < -0.3 is 8.97 Å². The normalized spacial score (nSPS) is 11.6. The molecule has 0 amide bonds. The molecule has 0 bridgehead atoms. The van der Waals surface area contributed by atoms with Crippen LogP contribution in [0.3, 0.4) is 0 Å². The lowest BCUT2D eigenvalue weighted by atomic mass is 10.00. The zero-order valence-electron chi connectivity index (χ0n) is 12.3. The molecular weight excluding hydrogens is 260 g/mol. The number of imidazole rings is 2. The Kier molecular flexibility index (Phi) is 2.42. The molecule has 4 rings (SSSR count). The predicted octanol–water partition coefficient (Wildman–Crippen LogP) is 3.50. The SMILES string of the molecule is Cc1cn(C)c(-c2c(C)ccc3cn4cncc4cc23)n1. The maximum Gasteiger partial charge on any atom is 0.140 e. The molecule has 104 valence electrons. The molecule has 0 fully saturated rings. The van der Waals surface area contributed by atoms with Crippen molar-refractivity contribution in [1.82, 2.24) is 18.9 Å². The van der Waals surface area contributed by atoms with Crippen molar-refractivity contribution < 1.29 is 0 Å². The van der Waals surface area contributed by atoms with Crippen LogP contribution in [-0.2, 0) is 7.05 Å². The number of fused-ring (bicyclic) bond motifs is 2. The first-order valence-corrected chi connectivity index (χ1v) is 6.99. The van der Waals surface area contributed by atoms with Crippen LogP contribution >= 0.6 is 0 Å². The Bertz CT molecular complexity index is 975. The monoisotopic (exact) mass is 276 g/mol. The summed E-state index contributed by atoms with van der Waals surface area (Å²) in [6.45, 7) is 4.17. The number of nitrogens with zero attached hydrogens (tertiary/aromatic N) is 4. The van der Waals surface area contributed by atoms with Crippen molar-refractivity contribution in [2.75, 3.05) is 0 Å². The molecule has 0 aliphatic heterocycles. The molecule has 0 saturated heterocycles. The lowest BCUT2D eigenvalue weighted by molar-refractivity contribution is 0.924. The summed E-state index contributed by atoms with van der Waals surface area (Å²) in [6, 6.07) is 6.50. The molecule has 0 unspecified atom stereocenters. The van der Waals surface area contributed by atoms with Crippen LogP contribution < -0.4 is 0 Å². The quantitative estimate of drug-likeness (QED) is 0.533. The average Bonchev–Trinajstić information content (AvgIpc) is 3.02. The fourth-order valence-corrected chi connectivity index (χ4v) is 2.99. The summed E-state index contributed by atoms with van der Waals surface area (Å²) in [5, 5.41) is 2.42. The van der Waals surface area contributed by atoms with Gasteiger partial charge in [-0.1, -0.05) is 12.1 Å². The molecule has 0 aliphatic rings. The van der Waals surface area contributed by atoms with Gasteiger partial charge in [0.05, 0.1) is 23.7 Å². The zero-order chi connectivity index (χ0) is 14.6. The van der Waals surface area contributed by atoms with Crippen LogP contribution in [-0.4, -0.2) is 18.9 Å². The first kappa shape index (κ1) is 12.1. The number of rotatable bonds is 1. The maximum atomic E-state index is 4.70. The van der Waals surface area contributed by atoms with E-state index in [0.29, 0.717) is 0 Å². The minimum atomic E-state index is 1.01. The van der Waals surface area contributed by atoms with E-state index in [1.807, 2.05) is 30.9 Å². The van der Waals surface area contributed by atoms with Gasteiger partial charge >= 0.3 is 0 Å². The number of aryl methyl sites for hydroxylation is 3. The van der Waals surface area contributed by atoms with Crippen molar-refractivity contribution in [2.45, 2.75) is 13.8 Å². The second kappa shape index (κ2) is 4.19. The van der Waals surface area contributed by atoms with E-state index in [1.165, 1.54) is 21.9 Å². The molecule has 4 aromatic rings. The highest BCUT2D eigenvalue weighted by atomic mass is 15.0. The minimum Gasteiger partial charge on any atom is -0.334 e. The molecule has 1 aromatic carbocycles. The van der Waals surface area contributed by atoms with Gasteiger partial charge in [0.1, 0.15) is 5.82 Å². The molecule has 3 heterocycles. The molecular formula is C17H16N4. The Morgan fingerprint density at radius 3 is 2.71 bits per heavy atom. The van der Waals surface area contributed by atoms with Crippen molar-refractivity contribution in [3.63, 3.8) is 0 Å². The van der Waals surface area contributed by atoms with Gasteiger partial charge in [-0.2, -0.15) is 0 Å². The Morgan fingerprint density at radius 1 is 1.10 bits per heavy atom. The minimum absolute atomic E-state index is 1.01. The van der Waals surface area contributed by atoms with Crippen LogP contribution in [0.15, 0.2) is 43.1 Å². The molecule has 0 aliphatic carbocycles. The topological polar surface area (TPSA) is 35.1 Å². The first-order valence-electron chi connectivity index (χ1n) is 6.99. The summed E-state index contributed by atoms with van der Waals surface area (Å²) in [7, 11) is 2.05. The van der Waals surface area contributed by atoms with E-state index in [1.54, 1.807) is 0 Å². The van der Waals surface area contributed by atoms with E-state index < -0.39 is 0 Å². The van der Waals surface area contributed by atoms with E-state index in [9.17, 15) is 0 Å². The van der Waals surface area contributed by atoms with Gasteiger partial charge in [-0.25, -0.2) is 9.97 Å². The van der Waals surface area contributed by atoms with Gasteiger partial charge in [0.25, 0.3) is 0 Å². The summed E-state index contributed by atoms with van der Waals surface area (Å²) in [5.41, 5.74) is 4.57. The third kappa shape index (κ3) is 1.76. The fourth-order valence-electron chi connectivity index (χ4n) is 2.99. The van der Waals surface area contributed by atoms with Crippen molar-refractivity contribution in [3.8, 4) is 11.4 Å². The summed E-state index contributed by atoms with van der Waals surface area (Å²) in [5.74, 6) is 1.01. The molecule has 4 heteroatoms. The van der Waals surface area contributed by atoms with Crippen LogP contribution in [0.5, 0.6) is 0 Å². The number of hydrogen-bond acceptors (Lipinski definition) is 2. The second-order valence-electron chi connectivity index (χ2n) is 5.58. The van der Waals surface area contributed by atoms with E-state index >= 15 is 0 Å². The van der Waals surface area contributed by atoms with Gasteiger partial charge in [0.2, 0.25) is 0 Å². The van der Waals surface area contributed by atoms with Crippen LogP contribution in [0.1, 0.15) is 11.3 Å². The van der Waals surface area contributed by atoms with Gasteiger partial charge in [-0.15, -0.1) is 0 Å². The first-order chi connectivity index (χ1) is 10.1. The third-order valence-corrected chi connectivity index (χ3v) is 3.97. The molecule has 4 nitrogen and oxygen atoms in total. The molecule has 3 aromatic heterocycles. The smallest absolute Gasteiger partial charge is 0.140 e. The van der Waals surface area contributed by atoms with Crippen LogP contribution in [0, 0.1) is 13.8 Å². The van der Waals surface area contributed by atoms with E-state index in [4.69, 9.17) is 4.98 Å². The summed E-state index contributed by atoms with van der Waals surface area (Å²) in [6.07, 6.45) is 7.90. The fraction of sp³-hybridized carbons (Fsp3) is 0.176. The van der Waals surface area contributed by atoms with Crippen molar-refractivity contribution in [1.29, 1.82) is 0 Å². The number of pyridine rings is 1. The second-order valence-corrected chi connectivity index (χ2v) is 5.58. The number of aromatic nitrogens is 4. The lowest BCUT2D eigenvalue weighted by Crippen LogP contribution is -1.96. The van der Waals surface area contributed by atoms with E-state index in [-0.39, 0.29) is 0 Å². The highest BCUT2D eigenvalue weighted by Gasteiger charge is 2.13. The third-order valence-electron chi connectivity index (χ3n) is 3.97. The Morgan fingerprint density at radius 2 is 1.95 bits per heavy atom. The summed E-state index contributed by atoms with van der Waals surface area (Å²) >= 11 is 0. The Labute approximate surface area is 122 Å². The summed E-state index contributed by atoms with van der Waals surface area (Å²) in [4.78, 5) is 8.91. The zero-order valence-corrected chi connectivity index (χ0v) is 12.3. The molecule has 0 saturated carbocycles. The molecule has 0 spiro atoms. The molecule has 0 N–H and O–H groups in total. The van der Waals surface area contributed by atoms with Crippen molar-refractivity contribution in [3.05, 3.63) is 54.4 Å². The Hall–Kier alpha value is -2.62. The highest BCUT2D eigenvalue weighted by Crippen LogP contribution is 2.32. The van der Waals surface area contributed by atoms with Gasteiger partial charge in [0, 0.05) is 25.0 Å². The average molecular weight is 276 g/mol. The van der Waals surface area contributed by atoms with Gasteiger partial charge in [0.15, 0.2) is 0 Å². The Balaban J connectivity index is 2.15. The van der Waals surface area contributed by atoms with E-state index in [2.05, 4.69) is 47.1 Å². The van der Waals surface area contributed by atoms with Crippen LogP contribution in [0.2, 0.25) is 0 Å². The number of hydrogen-bond donors (Lipinski definition) is 0. The molecule has 0 radical (unpaired) electrons. The lowest BCUT2D eigenvalue weighted by Gasteiger charge is -2.11. The maximum absolute atomic E-state index is 4.70. The van der Waals surface area contributed by atoms with Gasteiger partial charge in [-0.05, 0) is 36.2 Å². The molecule has 0 atom stereocenters. The number of benzene rings is 1. The molecule has 21 heavy (non-hydrogen) atoms. The largest absolute Gasteiger partial charge is 0.334 e.